The van der Waals surface area contributed by atoms with E-state index in [0.717, 1.165) is 5.56 Å². The summed E-state index contributed by atoms with van der Waals surface area (Å²) in [5.41, 5.74) is 1.20. The second-order valence-electron chi connectivity index (χ2n) is 5.59. The number of halogens is 2. The summed E-state index contributed by atoms with van der Waals surface area (Å²) in [6.45, 7) is 1.72. The molecule has 0 atom stereocenters. The van der Waals surface area contributed by atoms with Crippen molar-refractivity contribution in [2.45, 2.75) is 13.5 Å². The highest BCUT2D eigenvalue weighted by Gasteiger charge is 2.17. The first-order valence-corrected chi connectivity index (χ1v) is 8.48. The van der Waals surface area contributed by atoms with E-state index in [0.29, 0.717) is 21.4 Å². The van der Waals surface area contributed by atoms with Gasteiger partial charge in [0.15, 0.2) is 0 Å². The van der Waals surface area contributed by atoms with Gasteiger partial charge in [-0.15, -0.1) is 0 Å². The minimum absolute atomic E-state index is 0.00463. The lowest BCUT2D eigenvalue weighted by molar-refractivity contribution is 0.0461. The summed E-state index contributed by atoms with van der Waals surface area (Å²) in [5, 5.41) is 5.28. The highest BCUT2D eigenvalue weighted by molar-refractivity contribution is 6.30. The van der Waals surface area contributed by atoms with E-state index in [1.807, 2.05) is 0 Å². The zero-order valence-corrected chi connectivity index (χ0v) is 15.3. The number of aryl methyl sites for hydroxylation is 1. The van der Waals surface area contributed by atoms with Crippen molar-refractivity contribution in [1.29, 1.82) is 0 Å². The van der Waals surface area contributed by atoms with Crippen LogP contribution < -0.4 is 5.43 Å². The lowest BCUT2D eigenvalue weighted by Crippen LogP contribution is -2.24. The number of hydrogen-bond donors (Lipinski definition) is 0. The van der Waals surface area contributed by atoms with Gasteiger partial charge in [0.1, 0.15) is 6.61 Å². The summed E-state index contributed by atoms with van der Waals surface area (Å²) in [7, 11) is 0. The Kier molecular flexibility index (Phi) is 5.40. The van der Waals surface area contributed by atoms with Crippen LogP contribution >= 0.6 is 23.2 Å². The molecular formula is C19H14Cl2N2O3. The lowest BCUT2D eigenvalue weighted by atomic mass is 10.2. The first-order valence-electron chi connectivity index (χ1n) is 7.72. The third-order valence-corrected chi connectivity index (χ3v) is 4.12. The average Bonchev–Trinajstić information content (AvgIpc) is 2.61. The molecule has 1 heterocycles. The van der Waals surface area contributed by atoms with Gasteiger partial charge < -0.3 is 4.74 Å². The smallest absolute Gasteiger partial charge is 0.363 e. The van der Waals surface area contributed by atoms with Crippen molar-refractivity contribution in [3.8, 4) is 5.69 Å². The molecule has 0 aliphatic carbocycles. The first-order chi connectivity index (χ1) is 12.4. The Bertz CT molecular complexity index is 1010. The van der Waals surface area contributed by atoms with E-state index in [2.05, 4.69) is 5.10 Å². The summed E-state index contributed by atoms with van der Waals surface area (Å²) < 4.78 is 6.70. The number of aromatic nitrogens is 2. The van der Waals surface area contributed by atoms with Crippen LogP contribution in [0.5, 0.6) is 0 Å². The van der Waals surface area contributed by atoms with Gasteiger partial charge in [-0.05, 0) is 48.9 Å². The van der Waals surface area contributed by atoms with Crippen LogP contribution in [0, 0.1) is 6.92 Å². The second-order valence-corrected chi connectivity index (χ2v) is 6.47. The Labute approximate surface area is 159 Å². The summed E-state index contributed by atoms with van der Waals surface area (Å²) >= 11 is 11.8. The van der Waals surface area contributed by atoms with Crippen molar-refractivity contribution in [3.63, 3.8) is 0 Å². The number of ether oxygens (including phenoxy) is 1. The molecule has 0 unspecified atom stereocenters. The molecule has 0 amide bonds. The topological polar surface area (TPSA) is 61.2 Å². The van der Waals surface area contributed by atoms with Crippen LogP contribution in [-0.4, -0.2) is 15.7 Å². The molecular weight excluding hydrogens is 375 g/mol. The quantitative estimate of drug-likeness (QED) is 0.628. The Morgan fingerprint density at radius 1 is 1.08 bits per heavy atom. The molecule has 0 fully saturated rings. The summed E-state index contributed by atoms with van der Waals surface area (Å²) in [5.74, 6) is -0.794. The van der Waals surface area contributed by atoms with E-state index in [1.165, 1.54) is 10.7 Å². The van der Waals surface area contributed by atoms with Crippen LogP contribution in [-0.2, 0) is 11.3 Å². The SMILES string of the molecule is Cc1cc(=O)c(C(=O)OCc2cccc(Cl)c2)nn1-c1ccc(Cl)cc1. The molecule has 0 aliphatic rings. The Morgan fingerprint density at radius 3 is 2.50 bits per heavy atom. The molecule has 0 N–H and O–H groups in total. The maximum Gasteiger partial charge on any atom is 0.363 e. The van der Waals surface area contributed by atoms with Crippen molar-refractivity contribution in [1.82, 2.24) is 9.78 Å². The highest BCUT2D eigenvalue weighted by Crippen LogP contribution is 2.15. The number of hydrogen-bond acceptors (Lipinski definition) is 4. The summed E-state index contributed by atoms with van der Waals surface area (Å²) in [4.78, 5) is 24.5. The normalized spacial score (nSPS) is 10.6. The molecule has 2 aromatic carbocycles. The number of carbonyl (C=O) groups is 1. The predicted octanol–water partition coefficient (Wildman–Crippen LogP) is 4.20. The summed E-state index contributed by atoms with van der Waals surface area (Å²) in [6.07, 6.45) is 0. The van der Waals surface area contributed by atoms with Crippen LogP contribution in [0.4, 0.5) is 0 Å². The zero-order chi connectivity index (χ0) is 18.7. The van der Waals surface area contributed by atoms with Crippen LogP contribution in [0.25, 0.3) is 5.69 Å². The van der Waals surface area contributed by atoms with Crippen molar-refractivity contribution in [3.05, 3.63) is 91.8 Å². The molecule has 3 rings (SSSR count). The minimum Gasteiger partial charge on any atom is -0.456 e. The van der Waals surface area contributed by atoms with Crippen LogP contribution in [0.1, 0.15) is 21.7 Å². The third kappa shape index (κ3) is 4.12. The maximum absolute atomic E-state index is 12.3. The Morgan fingerprint density at radius 2 is 1.81 bits per heavy atom. The Balaban J connectivity index is 1.87. The van der Waals surface area contributed by atoms with Gasteiger partial charge in [-0.2, -0.15) is 5.10 Å². The van der Waals surface area contributed by atoms with Gasteiger partial charge >= 0.3 is 5.97 Å². The standard InChI is InChI=1S/C19H14Cl2N2O3/c1-12-9-17(24)18(22-23(12)16-7-5-14(20)6-8-16)19(25)26-11-13-3-2-4-15(21)10-13/h2-10H,11H2,1H3. The van der Waals surface area contributed by atoms with Crippen LogP contribution in [0.15, 0.2) is 59.4 Å². The van der Waals surface area contributed by atoms with E-state index in [9.17, 15) is 9.59 Å². The van der Waals surface area contributed by atoms with Gasteiger partial charge in [0.05, 0.1) is 5.69 Å². The maximum atomic E-state index is 12.3. The second kappa shape index (κ2) is 7.72. The molecule has 0 saturated carbocycles. The zero-order valence-electron chi connectivity index (χ0n) is 13.8. The van der Waals surface area contributed by atoms with Gasteiger partial charge in [-0.25, -0.2) is 9.48 Å². The van der Waals surface area contributed by atoms with Crippen molar-refractivity contribution in [2.75, 3.05) is 0 Å². The number of nitrogens with zero attached hydrogens (tertiary/aromatic N) is 2. The van der Waals surface area contributed by atoms with E-state index in [4.69, 9.17) is 27.9 Å². The molecule has 0 bridgehead atoms. The fourth-order valence-electron chi connectivity index (χ4n) is 2.38. The molecule has 1 aromatic heterocycles. The van der Waals surface area contributed by atoms with Gasteiger partial charge in [-0.1, -0.05) is 35.3 Å². The number of benzene rings is 2. The molecule has 0 saturated heterocycles. The monoisotopic (exact) mass is 388 g/mol. The number of carbonyl (C=O) groups excluding carboxylic acids is 1. The van der Waals surface area contributed by atoms with Gasteiger partial charge in [0.2, 0.25) is 11.1 Å². The van der Waals surface area contributed by atoms with Crippen molar-refractivity contribution in [2.24, 2.45) is 0 Å². The molecule has 3 aromatic rings. The molecule has 132 valence electrons. The Hall–Kier alpha value is -2.63. The van der Waals surface area contributed by atoms with Crippen molar-refractivity contribution < 1.29 is 9.53 Å². The number of rotatable bonds is 4. The van der Waals surface area contributed by atoms with E-state index >= 15 is 0 Å². The molecule has 5 nitrogen and oxygen atoms in total. The largest absolute Gasteiger partial charge is 0.456 e. The molecule has 26 heavy (non-hydrogen) atoms. The predicted molar refractivity (Wildman–Crippen MR) is 100 cm³/mol. The van der Waals surface area contributed by atoms with E-state index < -0.39 is 11.4 Å². The average molecular weight is 389 g/mol. The molecule has 0 radical (unpaired) electrons. The molecule has 0 aliphatic heterocycles. The van der Waals surface area contributed by atoms with Gasteiger partial charge in [-0.3, -0.25) is 4.79 Å². The fourth-order valence-corrected chi connectivity index (χ4v) is 2.72. The van der Waals surface area contributed by atoms with E-state index in [-0.39, 0.29) is 12.3 Å². The third-order valence-electron chi connectivity index (χ3n) is 3.63. The van der Waals surface area contributed by atoms with Gasteiger partial charge in [0.25, 0.3) is 0 Å². The fraction of sp³-hybridized carbons (Fsp3) is 0.105. The van der Waals surface area contributed by atoms with E-state index in [1.54, 1.807) is 55.5 Å². The highest BCUT2D eigenvalue weighted by atomic mass is 35.5. The number of esters is 1. The van der Waals surface area contributed by atoms with Gasteiger partial charge in [0, 0.05) is 21.8 Å². The van der Waals surface area contributed by atoms with Crippen molar-refractivity contribution >= 4 is 29.2 Å². The first kappa shape index (κ1) is 18.2. The van der Waals surface area contributed by atoms with Crippen LogP contribution in [0.2, 0.25) is 10.0 Å². The minimum atomic E-state index is -0.794. The summed E-state index contributed by atoms with van der Waals surface area (Å²) in [6, 6.07) is 15.2. The lowest BCUT2D eigenvalue weighted by Gasteiger charge is -2.11. The molecule has 7 heteroatoms. The molecule has 0 spiro atoms. The van der Waals surface area contributed by atoms with Crippen LogP contribution in [0.3, 0.4) is 0 Å².